The minimum absolute atomic E-state index is 0.0170. The van der Waals surface area contributed by atoms with E-state index in [0.717, 1.165) is 19.5 Å². The van der Waals surface area contributed by atoms with Crippen LogP contribution in [0.3, 0.4) is 0 Å². The van der Waals surface area contributed by atoms with Crippen molar-refractivity contribution in [3.63, 3.8) is 0 Å². The molecule has 0 aromatic rings. The van der Waals surface area contributed by atoms with Crippen LogP contribution in [0.15, 0.2) is 0 Å². The smallest absolute Gasteiger partial charge is 0.246 e. The summed E-state index contributed by atoms with van der Waals surface area (Å²) in [6, 6.07) is -0.690. The highest BCUT2D eigenvalue weighted by Gasteiger charge is 2.39. The van der Waals surface area contributed by atoms with Gasteiger partial charge in [0.05, 0.1) is 0 Å². The minimum atomic E-state index is -0.355. The monoisotopic (exact) mass is 295 g/mol. The van der Waals surface area contributed by atoms with Crippen LogP contribution in [0.5, 0.6) is 0 Å². The molecule has 2 saturated heterocycles. The average Bonchev–Trinajstić information content (AvgIpc) is 2.44. The molecule has 2 aliphatic rings. The van der Waals surface area contributed by atoms with Crippen molar-refractivity contribution in [3.05, 3.63) is 0 Å². The molecule has 5 heteroatoms. The van der Waals surface area contributed by atoms with Crippen molar-refractivity contribution in [1.29, 1.82) is 0 Å². The summed E-state index contributed by atoms with van der Waals surface area (Å²) in [5.74, 6) is 0.894. The largest absolute Gasteiger partial charge is 0.342 e. The molecule has 2 rings (SSSR count). The summed E-state index contributed by atoms with van der Waals surface area (Å²) >= 11 is 0. The highest BCUT2D eigenvalue weighted by molar-refractivity contribution is 5.96. The summed E-state index contributed by atoms with van der Waals surface area (Å²) < 4.78 is 0. The van der Waals surface area contributed by atoms with Gasteiger partial charge in [-0.2, -0.15) is 0 Å². The zero-order chi connectivity index (χ0) is 15.6. The first-order valence-electron chi connectivity index (χ1n) is 8.19. The third kappa shape index (κ3) is 3.76. The fourth-order valence-corrected chi connectivity index (χ4v) is 3.27. The third-order valence-electron chi connectivity index (χ3n) is 4.98. The van der Waals surface area contributed by atoms with Gasteiger partial charge in [0, 0.05) is 6.54 Å². The molecule has 0 aromatic carbocycles. The molecule has 0 saturated carbocycles. The maximum atomic E-state index is 12.6. The molecule has 2 heterocycles. The summed E-state index contributed by atoms with van der Waals surface area (Å²) in [6.45, 7) is 8.79. The van der Waals surface area contributed by atoms with Crippen molar-refractivity contribution in [2.24, 2.45) is 11.8 Å². The van der Waals surface area contributed by atoms with Gasteiger partial charge in [0.25, 0.3) is 0 Å². The van der Waals surface area contributed by atoms with E-state index < -0.39 is 0 Å². The number of carbonyl (C=O) groups is 2. The molecule has 2 atom stereocenters. The number of hydrogen-bond donors (Lipinski definition) is 1. The Morgan fingerprint density at radius 3 is 2.43 bits per heavy atom. The summed E-state index contributed by atoms with van der Waals surface area (Å²) in [6.07, 6.45) is 3.42. The summed E-state index contributed by atoms with van der Waals surface area (Å²) in [5, 5.41) is 2.85. The molecule has 5 nitrogen and oxygen atoms in total. The molecule has 0 aromatic heterocycles. The summed E-state index contributed by atoms with van der Waals surface area (Å²) in [4.78, 5) is 28.7. The fraction of sp³-hybridized carbons (Fsp3) is 0.875. The molecule has 1 N–H and O–H groups in total. The number of carbonyl (C=O) groups excluding carboxylic acids is 2. The highest BCUT2D eigenvalue weighted by Crippen LogP contribution is 2.22. The number of likely N-dealkylation sites (tertiary alicyclic amines) is 1. The van der Waals surface area contributed by atoms with Gasteiger partial charge in [-0.25, -0.2) is 0 Å². The van der Waals surface area contributed by atoms with E-state index in [2.05, 4.69) is 17.3 Å². The number of piperidine rings is 1. The van der Waals surface area contributed by atoms with Crippen molar-refractivity contribution in [2.75, 3.05) is 26.7 Å². The highest BCUT2D eigenvalue weighted by atomic mass is 16.2. The van der Waals surface area contributed by atoms with Crippen LogP contribution in [0.2, 0.25) is 0 Å². The van der Waals surface area contributed by atoms with Crippen molar-refractivity contribution in [2.45, 2.75) is 52.1 Å². The average molecular weight is 295 g/mol. The Bertz CT molecular complexity index is 389. The van der Waals surface area contributed by atoms with Crippen molar-refractivity contribution < 1.29 is 9.59 Å². The van der Waals surface area contributed by atoms with E-state index in [9.17, 15) is 9.59 Å². The number of piperazine rings is 1. The van der Waals surface area contributed by atoms with Crippen LogP contribution in [0.4, 0.5) is 0 Å². The van der Waals surface area contributed by atoms with E-state index in [1.165, 1.54) is 12.8 Å². The second-order valence-electron chi connectivity index (χ2n) is 6.97. The Balaban J connectivity index is 1.93. The van der Waals surface area contributed by atoms with Crippen LogP contribution in [-0.2, 0) is 9.59 Å². The number of hydrogen-bond acceptors (Lipinski definition) is 3. The standard InChI is InChI=1S/C16H29N3O2/c1-11(2)14-16(21)19(12(3)15(20)17-14)10-7-13-5-8-18(4)9-6-13/h11-14H,5-10H2,1-4H3,(H,17,20). The minimum Gasteiger partial charge on any atom is -0.342 e. The number of rotatable bonds is 4. The molecular weight excluding hydrogens is 266 g/mol. The number of nitrogens with one attached hydrogen (secondary N) is 1. The van der Waals surface area contributed by atoms with Crippen LogP contribution in [0, 0.1) is 11.8 Å². The Labute approximate surface area is 128 Å². The first kappa shape index (κ1) is 16.3. The normalized spacial score (nSPS) is 29.1. The van der Waals surface area contributed by atoms with Crippen LogP contribution >= 0.6 is 0 Å². The molecule has 2 aliphatic heterocycles. The van der Waals surface area contributed by atoms with Gasteiger partial charge in [-0.1, -0.05) is 13.8 Å². The Kier molecular flexibility index (Phi) is 5.25. The molecule has 0 bridgehead atoms. The van der Waals surface area contributed by atoms with E-state index in [-0.39, 0.29) is 29.8 Å². The SMILES string of the molecule is CC(C)C1NC(=O)C(C)N(CCC2CCN(C)CC2)C1=O. The van der Waals surface area contributed by atoms with Gasteiger partial charge in [0.15, 0.2) is 0 Å². The molecule has 0 aliphatic carbocycles. The molecule has 0 radical (unpaired) electrons. The molecule has 120 valence electrons. The number of amides is 2. The van der Waals surface area contributed by atoms with Gasteiger partial charge in [-0.3, -0.25) is 9.59 Å². The molecule has 2 fully saturated rings. The fourth-order valence-electron chi connectivity index (χ4n) is 3.27. The quantitative estimate of drug-likeness (QED) is 0.845. The predicted molar refractivity (Wildman–Crippen MR) is 82.8 cm³/mol. The lowest BCUT2D eigenvalue weighted by Gasteiger charge is -2.40. The molecule has 2 amide bonds. The van der Waals surface area contributed by atoms with Gasteiger partial charge < -0.3 is 15.1 Å². The zero-order valence-electron chi connectivity index (χ0n) is 13.8. The van der Waals surface area contributed by atoms with Crippen molar-refractivity contribution in [3.8, 4) is 0 Å². The lowest BCUT2D eigenvalue weighted by molar-refractivity contribution is -0.150. The topological polar surface area (TPSA) is 52.7 Å². The lowest BCUT2D eigenvalue weighted by atomic mass is 9.92. The lowest BCUT2D eigenvalue weighted by Crippen LogP contribution is -2.64. The first-order chi connectivity index (χ1) is 9.90. The van der Waals surface area contributed by atoms with E-state index in [1.807, 2.05) is 20.8 Å². The number of nitrogens with zero attached hydrogens (tertiary/aromatic N) is 2. The van der Waals surface area contributed by atoms with Gasteiger partial charge in [0.1, 0.15) is 12.1 Å². The second kappa shape index (κ2) is 6.77. The van der Waals surface area contributed by atoms with Crippen LogP contribution in [0.25, 0.3) is 0 Å². The van der Waals surface area contributed by atoms with E-state index in [0.29, 0.717) is 12.5 Å². The Hall–Kier alpha value is -1.10. The van der Waals surface area contributed by atoms with E-state index >= 15 is 0 Å². The Morgan fingerprint density at radius 1 is 1.24 bits per heavy atom. The van der Waals surface area contributed by atoms with Gasteiger partial charge in [-0.15, -0.1) is 0 Å². The maximum absolute atomic E-state index is 12.6. The maximum Gasteiger partial charge on any atom is 0.246 e. The van der Waals surface area contributed by atoms with Crippen LogP contribution in [0.1, 0.15) is 40.0 Å². The summed E-state index contributed by atoms with van der Waals surface area (Å²) in [5.41, 5.74) is 0. The van der Waals surface area contributed by atoms with E-state index in [4.69, 9.17) is 0 Å². The first-order valence-corrected chi connectivity index (χ1v) is 8.19. The van der Waals surface area contributed by atoms with E-state index in [1.54, 1.807) is 4.90 Å². The van der Waals surface area contributed by atoms with Crippen molar-refractivity contribution in [1.82, 2.24) is 15.1 Å². The molecule has 2 unspecified atom stereocenters. The van der Waals surface area contributed by atoms with Gasteiger partial charge >= 0.3 is 0 Å². The predicted octanol–water partition coefficient (Wildman–Crippen LogP) is 1.09. The molecular formula is C16H29N3O2. The third-order valence-corrected chi connectivity index (χ3v) is 4.98. The van der Waals surface area contributed by atoms with Gasteiger partial charge in [0.2, 0.25) is 11.8 Å². The molecule has 0 spiro atoms. The molecule has 21 heavy (non-hydrogen) atoms. The van der Waals surface area contributed by atoms with Gasteiger partial charge in [-0.05, 0) is 58.2 Å². The summed E-state index contributed by atoms with van der Waals surface area (Å²) in [7, 11) is 2.16. The Morgan fingerprint density at radius 2 is 1.86 bits per heavy atom. The second-order valence-corrected chi connectivity index (χ2v) is 6.97. The van der Waals surface area contributed by atoms with Crippen molar-refractivity contribution >= 4 is 11.8 Å². The van der Waals surface area contributed by atoms with Crippen LogP contribution in [-0.4, -0.2) is 60.4 Å². The zero-order valence-corrected chi connectivity index (χ0v) is 13.8. The van der Waals surface area contributed by atoms with Crippen LogP contribution < -0.4 is 5.32 Å².